The predicted molar refractivity (Wildman–Crippen MR) is 76.3 cm³/mol. The van der Waals surface area contributed by atoms with Gasteiger partial charge in [0.2, 0.25) is 0 Å². The van der Waals surface area contributed by atoms with Crippen molar-refractivity contribution in [3.63, 3.8) is 0 Å². The van der Waals surface area contributed by atoms with Crippen LogP contribution in [0.1, 0.15) is 25.3 Å². The van der Waals surface area contributed by atoms with Crippen LogP contribution in [0.2, 0.25) is 0 Å². The van der Waals surface area contributed by atoms with Crippen molar-refractivity contribution < 1.29 is 23.1 Å². The molecule has 2 rings (SSSR count). The van der Waals surface area contributed by atoms with Crippen LogP contribution in [0.3, 0.4) is 0 Å². The van der Waals surface area contributed by atoms with E-state index in [1.54, 1.807) is 13.8 Å². The van der Waals surface area contributed by atoms with Gasteiger partial charge in [0.05, 0.1) is 18.6 Å². The summed E-state index contributed by atoms with van der Waals surface area (Å²) in [7, 11) is 1.27. The van der Waals surface area contributed by atoms with Gasteiger partial charge in [0.15, 0.2) is 0 Å². The second kappa shape index (κ2) is 6.12. The van der Waals surface area contributed by atoms with Gasteiger partial charge in [-0.15, -0.1) is 0 Å². The highest BCUT2D eigenvalue weighted by Gasteiger charge is 2.44. The van der Waals surface area contributed by atoms with Crippen molar-refractivity contribution in [1.29, 1.82) is 0 Å². The van der Waals surface area contributed by atoms with Crippen molar-refractivity contribution in [2.45, 2.75) is 25.3 Å². The lowest BCUT2D eigenvalue weighted by atomic mass is 9.88. The fraction of sp³-hybridized carbons (Fsp3) is 0.500. The summed E-state index contributed by atoms with van der Waals surface area (Å²) in [6.07, 6.45) is 0.796. The Balaban J connectivity index is 2.38. The topological polar surface area (TPSA) is 46.6 Å². The van der Waals surface area contributed by atoms with Crippen molar-refractivity contribution in [2.24, 2.45) is 5.92 Å². The molecule has 0 radical (unpaired) electrons. The van der Waals surface area contributed by atoms with Gasteiger partial charge in [-0.25, -0.2) is 8.78 Å². The molecule has 1 heterocycles. The smallest absolute Gasteiger partial charge is 0.310 e. The molecular weight excluding hydrogens is 292 g/mol. The van der Waals surface area contributed by atoms with Crippen molar-refractivity contribution in [3.05, 3.63) is 35.4 Å². The van der Waals surface area contributed by atoms with Crippen molar-refractivity contribution >= 4 is 12.3 Å². The van der Waals surface area contributed by atoms with Gasteiger partial charge < -0.3 is 9.53 Å². The number of esters is 1. The zero-order chi connectivity index (χ0) is 16.5. The van der Waals surface area contributed by atoms with Crippen LogP contribution in [0.25, 0.3) is 0 Å². The van der Waals surface area contributed by atoms with Crippen LogP contribution >= 0.6 is 0 Å². The van der Waals surface area contributed by atoms with Gasteiger partial charge in [0.25, 0.3) is 0 Å². The average Bonchev–Trinajstić information content (AvgIpc) is 2.92. The lowest BCUT2D eigenvalue weighted by molar-refractivity contribution is -0.145. The first-order valence-electron chi connectivity index (χ1n) is 7.04. The molecule has 0 spiro atoms. The maximum atomic E-state index is 14.1. The molecule has 120 valence electrons. The van der Waals surface area contributed by atoms with Crippen LogP contribution in [-0.2, 0) is 14.3 Å². The summed E-state index contributed by atoms with van der Waals surface area (Å²) in [6, 6.07) is 3.32. The number of methoxy groups -OCH3 is 1. The van der Waals surface area contributed by atoms with E-state index >= 15 is 0 Å². The van der Waals surface area contributed by atoms with E-state index in [1.807, 2.05) is 4.90 Å². The summed E-state index contributed by atoms with van der Waals surface area (Å²) in [5.74, 6) is -2.89. The SMILES string of the molecule is COC(=O)C1CN(C(C)(C)C=O)C[C@H]1c1ccc(F)cc1F. The van der Waals surface area contributed by atoms with Crippen LogP contribution in [0.15, 0.2) is 18.2 Å². The minimum absolute atomic E-state index is 0.265. The number of hydrogen-bond donors (Lipinski definition) is 0. The Kier molecular flexibility index (Phi) is 4.60. The Morgan fingerprint density at radius 1 is 1.36 bits per heavy atom. The molecule has 1 aromatic rings. The third-order valence-corrected chi connectivity index (χ3v) is 4.29. The number of ether oxygens (including phenoxy) is 1. The van der Waals surface area contributed by atoms with Crippen LogP contribution in [0.4, 0.5) is 8.78 Å². The van der Waals surface area contributed by atoms with E-state index in [1.165, 1.54) is 19.2 Å². The summed E-state index contributed by atoms with van der Waals surface area (Å²) in [5, 5.41) is 0. The maximum absolute atomic E-state index is 14.1. The number of carbonyl (C=O) groups excluding carboxylic acids is 2. The quantitative estimate of drug-likeness (QED) is 0.631. The molecule has 0 amide bonds. The van der Waals surface area contributed by atoms with Gasteiger partial charge in [-0.2, -0.15) is 0 Å². The van der Waals surface area contributed by atoms with E-state index in [4.69, 9.17) is 4.74 Å². The number of nitrogens with zero attached hydrogens (tertiary/aromatic N) is 1. The molecule has 0 N–H and O–H groups in total. The Morgan fingerprint density at radius 2 is 2.05 bits per heavy atom. The minimum atomic E-state index is -0.766. The second-order valence-corrected chi connectivity index (χ2v) is 6.08. The van der Waals surface area contributed by atoms with E-state index < -0.39 is 35.0 Å². The Bertz CT molecular complexity index is 589. The number of halogens is 2. The van der Waals surface area contributed by atoms with Gasteiger partial charge in [0, 0.05) is 25.1 Å². The largest absolute Gasteiger partial charge is 0.469 e. The van der Waals surface area contributed by atoms with Crippen molar-refractivity contribution in [3.8, 4) is 0 Å². The molecule has 0 aliphatic carbocycles. The second-order valence-electron chi connectivity index (χ2n) is 6.08. The van der Waals surface area contributed by atoms with Crippen LogP contribution in [0, 0.1) is 17.6 Å². The first-order valence-corrected chi connectivity index (χ1v) is 7.04. The first-order chi connectivity index (χ1) is 10.3. The minimum Gasteiger partial charge on any atom is -0.469 e. The molecule has 1 fully saturated rings. The molecule has 1 aliphatic heterocycles. The zero-order valence-electron chi connectivity index (χ0n) is 12.8. The van der Waals surface area contributed by atoms with E-state index in [9.17, 15) is 18.4 Å². The number of likely N-dealkylation sites (tertiary alicyclic amines) is 1. The van der Waals surface area contributed by atoms with Crippen molar-refractivity contribution in [2.75, 3.05) is 20.2 Å². The molecular formula is C16H19F2NO3. The number of carbonyl (C=O) groups is 2. The molecule has 4 nitrogen and oxygen atoms in total. The van der Waals surface area contributed by atoms with E-state index in [0.717, 1.165) is 12.4 Å². The fourth-order valence-corrected chi connectivity index (χ4v) is 2.86. The molecule has 6 heteroatoms. The summed E-state index contributed by atoms with van der Waals surface area (Å²) >= 11 is 0. The lowest BCUT2D eigenvalue weighted by Gasteiger charge is -2.30. The van der Waals surface area contributed by atoms with Crippen molar-refractivity contribution in [1.82, 2.24) is 4.90 Å². The maximum Gasteiger partial charge on any atom is 0.310 e. The van der Waals surface area contributed by atoms with Gasteiger partial charge in [-0.3, -0.25) is 9.69 Å². The molecule has 0 aromatic heterocycles. The molecule has 22 heavy (non-hydrogen) atoms. The molecule has 1 unspecified atom stereocenters. The van der Waals surface area contributed by atoms with Crippen LogP contribution in [-0.4, -0.2) is 42.9 Å². The summed E-state index contributed by atoms with van der Waals surface area (Å²) < 4.78 is 32.0. The zero-order valence-corrected chi connectivity index (χ0v) is 12.8. The third-order valence-electron chi connectivity index (χ3n) is 4.29. The molecule has 0 bridgehead atoms. The third kappa shape index (κ3) is 3.02. The monoisotopic (exact) mass is 311 g/mol. The number of benzene rings is 1. The lowest BCUT2D eigenvalue weighted by Crippen LogP contribution is -2.44. The molecule has 1 aliphatic rings. The summed E-state index contributed by atoms with van der Waals surface area (Å²) in [6.45, 7) is 4.09. The molecule has 1 saturated heterocycles. The standard InChI is InChI=1S/C16H19F2NO3/c1-16(2,9-20)19-7-12(13(8-19)15(21)22-3)11-5-4-10(17)6-14(11)18/h4-6,9,12-13H,7-8H2,1-3H3/t12-,13?/m0/s1. The normalized spacial score (nSPS) is 22.6. The van der Waals surface area contributed by atoms with Gasteiger partial charge in [-0.05, 0) is 25.5 Å². The highest BCUT2D eigenvalue weighted by atomic mass is 19.1. The van der Waals surface area contributed by atoms with E-state index in [-0.39, 0.29) is 5.56 Å². The number of hydrogen-bond acceptors (Lipinski definition) is 4. The van der Waals surface area contributed by atoms with Gasteiger partial charge in [-0.1, -0.05) is 6.07 Å². The van der Waals surface area contributed by atoms with Crippen LogP contribution in [0.5, 0.6) is 0 Å². The van der Waals surface area contributed by atoms with Crippen LogP contribution < -0.4 is 0 Å². The van der Waals surface area contributed by atoms with E-state index in [2.05, 4.69) is 0 Å². The number of rotatable bonds is 4. The molecule has 1 aromatic carbocycles. The Hall–Kier alpha value is -1.82. The highest BCUT2D eigenvalue weighted by Crippen LogP contribution is 2.37. The Morgan fingerprint density at radius 3 is 2.59 bits per heavy atom. The summed E-state index contributed by atoms with van der Waals surface area (Å²) in [5.41, 5.74) is -0.502. The van der Waals surface area contributed by atoms with E-state index in [0.29, 0.717) is 13.1 Å². The predicted octanol–water partition coefficient (Wildman–Crippen LogP) is 2.13. The molecule has 0 saturated carbocycles. The average molecular weight is 311 g/mol. The molecule has 2 atom stereocenters. The first kappa shape index (κ1) is 16.5. The Labute approximate surface area is 128 Å². The number of aldehydes is 1. The van der Waals surface area contributed by atoms with Gasteiger partial charge >= 0.3 is 5.97 Å². The summed E-state index contributed by atoms with van der Waals surface area (Å²) in [4.78, 5) is 25.1. The fourth-order valence-electron chi connectivity index (χ4n) is 2.86. The van der Waals surface area contributed by atoms with Gasteiger partial charge in [0.1, 0.15) is 17.9 Å². The highest BCUT2D eigenvalue weighted by molar-refractivity contribution is 5.75.